The highest BCUT2D eigenvalue weighted by atomic mass is 35.5. The smallest absolute Gasteiger partial charge is 0.276 e. The predicted octanol–water partition coefficient (Wildman–Crippen LogP) is 0.386. The average Bonchev–Trinajstić information content (AvgIpc) is 2.52. The van der Waals surface area contributed by atoms with E-state index in [0.29, 0.717) is 11.9 Å². The van der Waals surface area contributed by atoms with Crippen LogP contribution >= 0.6 is 24.8 Å². The molecule has 0 atom stereocenters. The second kappa shape index (κ2) is 4.99. The van der Waals surface area contributed by atoms with Crippen LogP contribution in [-0.4, -0.2) is 16.5 Å². The van der Waals surface area contributed by atoms with Crippen molar-refractivity contribution in [3.05, 3.63) is 32.8 Å². The van der Waals surface area contributed by atoms with E-state index in [2.05, 4.69) is 9.98 Å². The third-order valence-electron chi connectivity index (χ3n) is 1.73. The molecule has 0 aromatic carbocycles. The lowest BCUT2D eigenvalue weighted by atomic mass is 10.3. The van der Waals surface area contributed by atoms with Crippen LogP contribution in [0.15, 0.2) is 11.2 Å². The number of hydrogen-bond acceptors (Lipinski definition) is 4. The maximum atomic E-state index is 13.2. The molecule has 1 aliphatic rings. The summed E-state index contributed by atoms with van der Waals surface area (Å²) in [5, 5.41) is 10.7. The molecule has 0 aliphatic carbocycles. The van der Waals surface area contributed by atoms with Crippen LogP contribution < -0.4 is 10.7 Å². The molecule has 0 N–H and O–H groups in total. The minimum absolute atomic E-state index is 0. The van der Waals surface area contributed by atoms with Gasteiger partial charge in [0.05, 0.1) is 16.8 Å². The quantitative estimate of drug-likeness (QED) is 0.537. The maximum absolute atomic E-state index is 13.2. The number of rotatable bonds is 1. The van der Waals surface area contributed by atoms with Gasteiger partial charge in [-0.05, 0) is 6.08 Å². The van der Waals surface area contributed by atoms with E-state index in [0.717, 1.165) is 6.20 Å². The summed E-state index contributed by atoms with van der Waals surface area (Å²) in [6.07, 6.45) is 2.52. The number of aromatic nitrogens is 1. The second-order valence-corrected chi connectivity index (χ2v) is 2.49. The van der Waals surface area contributed by atoms with Crippen molar-refractivity contribution in [1.82, 2.24) is 4.98 Å². The van der Waals surface area contributed by atoms with E-state index in [1.54, 1.807) is 6.08 Å². The zero-order valence-corrected chi connectivity index (χ0v) is 8.85. The SMILES string of the molecule is Cl.Cl.O=[N+]([O-])c1cnc2c(c1F)=NCC=2. The van der Waals surface area contributed by atoms with Gasteiger partial charge in [-0.3, -0.25) is 15.1 Å². The summed E-state index contributed by atoms with van der Waals surface area (Å²) < 4.78 is 13.2. The minimum Gasteiger partial charge on any atom is -0.276 e. The first kappa shape index (κ1) is 13.7. The summed E-state index contributed by atoms with van der Waals surface area (Å²) in [6, 6.07) is 0. The van der Waals surface area contributed by atoms with Crippen LogP contribution in [0.1, 0.15) is 0 Å². The van der Waals surface area contributed by atoms with Crippen molar-refractivity contribution in [2.75, 3.05) is 6.54 Å². The van der Waals surface area contributed by atoms with Gasteiger partial charge < -0.3 is 0 Å². The van der Waals surface area contributed by atoms with Gasteiger partial charge >= 0.3 is 5.69 Å². The van der Waals surface area contributed by atoms with Gasteiger partial charge in [-0.2, -0.15) is 4.39 Å². The van der Waals surface area contributed by atoms with Crippen molar-refractivity contribution in [1.29, 1.82) is 0 Å². The number of fused-ring (bicyclic) bond motifs is 1. The Labute approximate surface area is 95.7 Å². The Bertz CT molecular complexity index is 506. The fourth-order valence-corrected chi connectivity index (χ4v) is 1.13. The molecule has 1 aromatic rings. The summed E-state index contributed by atoms with van der Waals surface area (Å²) in [5.74, 6) is -0.899. The Morgan fingerprint density at radius 3 is 2.73 bits per heavy atom. The van der Waals surface area contributed by atoms with Crippen LogP contribution in [0.3, 0.4) is 0 Å². The first-order valence-corrected chi connectivity index (χ1v) is 3.53. The van der Waals surface area contributed by atoms with E-state index < -0.39 is 16.4 Å². The molecule has 0 saturated heterocycles. The summed E-state index contributed by atoms with van der Waals surface area (Å²) in [5.41, 5.74) is -0.627. The van der Waals surface area contributed by atoms with Crippen molar-refractivity contribution in [2.45, 2.75) is 0 Å². The van der Waals surface area contributed by atoms with Crippen LogP contribution in [-0.2, 0) is 0 Å². The van der Waals surface area contributed by atoms with E-state index in [4.69, 9.17) is 0 Å². The zero-order chi connectivity index (χ0) is 9.42. The minimum atomic E-state index is -0.899. The lowest BCUT2D eigenvalue weighted by Gasteiger charge is -1.91. The molecule has 2 rings (SSSR count). The molecule has 5 nitrogen and oxygen atoms in total. The molecular formula is C7H6Cl2FN3O2. The summed E-state index contributed by atoms with van der Waals surface area (Å²) in [6.45, 7) is 0.334. The number of pyridine rings is 1. The van der Waals surface area contributed by atoms with Crippen molar-refractivity contribution in [2.24, 2.45) is 4.99 Å². The first-order chi connectivity index (χ1) is 6.20. The van der Waals surface area contributed by atoms with Gasteiger partial charge in [0.1, 0.15) is 11.6 Å². The molecule has 0 fully saturated rings. The topological polar surface area (TPSA) is 68.4 Å². The van der Waals surface area contributed by atoms with Crippen molar-refractivity contribution >= 4 is 36.6 Å². The van der Waals surface area contributed by atoms with Crippen molar-refractivity contribution in [3.63, 3.8) is 0 Å². The molecule has 82 valence electrons. The molecule has 0 unspecified atom stereocenters. The van der Waals surface area contributed by atoms with Crippen LogP contribution in [0.25, 0.3) is 6.08 Å². The number of hydrogen-bond donors (Lipinski definition) is 0. The van der Waals surface area contributed by atoms with Crippen LogP contribution in [0.5, 0.6) is 0 Å². The Morgan fingerprint density at radius 2 is 2.13 bits per heavy atom. The highest BCUT2D eigenvalue weighted by Gasteiger charge is 2.17. The summed E-state index contributed by atoms with van der Waals surface area (Å²) in [4.78, 5) is 16.9. The first-order valence-electron chi connectivity index (χ1n) is 3.53. The molecular weight excluding hydrogens is 248 g/mol. The molecule has 0 radical (unpaired) electrons. The van der Waals surface area contributed by atoms with E-state index in [1.165, 1.54) is 0 Å². The normalized spacial score (nSPS) is 11.3. The van der Waals surface area contributed by atoms with Gasteiger partial charge in [0.25, 0.3) is 0 Å². The van der Waals surface area contributed by atoms with E-state index >= 15 is 0 Å². The van der Waals surface area contributed by atoms with E-state index in [1.807, 2.05) is 0 Å². The van der Waals surface area contributed by atoms with Gasteiger partial charge in [0.15, 0.2) is 0 Å². The third kappa shape index (κ3) is 2.21. The van der Waals surface area contributed by atoms with Crippen LogP contribution in [0.4, 0.5) is 10.1 Å². The lowest BCUT2D eigenvalue weighted by molar-refractivity contribution is -0.388. The number of nitro groups is 1. The van der Waals surface area contributed by atoms with Crippen molar-refractivity contribution < 1.29 is 9.31 Å². The average molecular weight is 254 g/mol. The van der Waals surface area contributed by atoms with Gasteiger partial charge in [0.2, 0.25) is 5.82 Å². The Morgan fingerprint density at radius 1 is 1.47 bits per heavy atom. The fourth-order valence-electron chi connectivity index (χ4n) is 1.13. The van der Waals surface area contributed by atoms with E-state index in [9.17, 15) is 14.5 Å². The zero-order valence-electron chi connectivity index (χ0n) is 7.21. The second-order valence-electron chi connectivity index (χ2n) is 2.49. The van der Waals surface area contributed by atoms with Crippen LogP contribution in [0, 0.1) is 15.9 Å². The fraction of sp³-hybridized carbons (Fsp3) is 0.143. The molecule has 1 aliphatic heterocycles. The standard InChI is InChI=1S/C7H4FN3O2.2ClH/c8-6-5(11(12)13)3-10-4-1-2-9-7(4)6;;/h1,3H,2H2;2*1H. The van der Waals surface area contributed by atoms with Gasteiger partial charge in [-0.25, -0.2) is 4.98 Å². The molecule has 15 heavy (non-hydrogen) atoms. The maximum Gasteiger partial charge on any atom is 0.325 e. The predicted molar refractivity (Wildman–Crippen MR) is 55.5 cm³/mol. The summed E-state index contributed by atoms with van der Waals surface area (Å²) >= 11 is 0. The van der Waals surface area contributed by atoms with Gasteiger partial charge in [-0.1, -0.05) is 0 Å². The number of halogens is 3. The molecule has 8 heteroatoms. The molecule has 1 aromatic heterocycles. The van der Waals surface area contributed by atoms with Crippen molar-refractivity contribution in [3.8, 4) is 0 Å². The van der Waals surface area contributed by atoms with E-state index in [-0.39, 0.29) is 30.2 Å². The highest BCUT2D eigenvalue weighted by Crippen LogP contribution is 2.08. The molecule has 0 saturated carbocycles. The Kier molecular flexibility index (Phi) is 4.57. The van der Waals surface area contributed by atoms with Gasteiger partial charge in [0, 0.05) is 0 Å². The Balaban J connectivity index is 0.000000980. The lowest BCUT2D eigenvalue weighted by Crippen LogP contribution is -2.29. The van der Waals surface area contributed by atoms with Gasteiger partial charge in [-0.15, -0.1) is 24.8 Å². The third-order valence-corrected chi connectivity index (χ3v) is 1.73. The largest absolute Gasteiger partial charge is 0.325 e. The molecule has 0 bridgehead atoms. The summed E-state index contributed by atoms with van der Waals surface area (Å²) in [7, 11) is 0. The molecule has 0 spiro atoms. The highest BCUT2D eigenvalue weighted by molar-refractivity contribution is 5.85. The van der Waals surface area contributed by atoms with Crippen LogP contribution in [0.2, 0.25) is 0 Å². The molecule has 2 heterocycles. The Hall–Kier alpha value is -1.27. The monoisotopic (exact) mass is 253 g/mol. The molecule has 0 amide bonds. The number of nitrogens with zero attached hydrogens (tertiary/aromatic N) is 3.